The molecule has 2 fully saturated rings. The highest BCUT2D eigenvalue weighted by Gasteiger charge is 2.29. The number of rotatable bonds is 5. The van der Waals surface area contributed by atoms with Gasteiger partial charge in [0.1, 0.15) is 17.3 Å². The number of aryl methyl sites for hydroxylation is 1. The van der Waals surface area contributed by atoms with Crippen molar-refractivity contribution in [1.29, 1.82) is 0 Å². The van der Waals surface area contributed by atoms with Gasteiger partial charge in [0.25, 0.3) is 0 Å². The highest BCUT2D eigenvalue weighted by atomic mass is 16.5. The van der Waals surface area contributed by atoms with Gasteiger partial charge < -0.3 is 13.9 Å². The summed E-state index contributed by atoms with van der Waals surface area (Å²) in [7, 11) is 3.31. The van der Waals surface area contributed by atoms with Crippen LogP contribution >= 0.6 is 0 Å². The van der Waals surface area contributed by atoms with Crippen molar-refractivity contribution in [2.75, 3.05) is 40.4 Å². The Morgan fingerprint density at radius 1 is 1.15 bits per heavy atom. The van der Waals surface area contributed by atoms with Crippen LogP contribution in [-0.4, -0.2) is 61.2 Å². The lowest BCUT2D eigenvalue weighted by Gasteiger charge is -2.43. The molecule has 0 amide bonds. The summed E-state index contributed by atoms with van der Waals surface area (Å²) in [6, 6.07) is 6.38. The van der Waals surface area contributed by atoms with Crippen LogP contribution in [0.25, 0.3) is 11.5 Å². The average Bonchev–Trinajstić information content (AvgIpc) is 3.07. The summed E-state index contributed by atoms with van der Waals surface area (Å²) in [6.07, 6.45) is 4.03. The lowest BCUT2D eigenvalue weighted by molar-refractivity contribution is 0.0450. The van der Waals surface area contributed by atoms with E-state index in [2.05, 4.69) is 9.80 Å². The number of methoxy groups -OCH3 is 2. The molecule has 2 aliphatic heterocycles. The van der Waals surface area contributed by atoms with Crippen LogP contribution in [-0.2, 0) is 6.54 Å². The van der Waals surface area contributed by atoms with Crippen LogP contribution in [0.4, 0.5) is 0 Å². The van der Waals surface area contributed by atoms with Crippen LogP contribution < -0.4 is 9.47 Å². The Bertz CT molecular complexity index is 789. The number of nitrogens with zero attached hydrogens (tertiary/aromatic N) is 3. The smallest absolute Gasteiger partial charge is 0.230 e. The number of piperazine rings is 1. The zero-order chi connectivity index (χ0) is 18.8. The summed E-state index contributed by atoms with van der Waals surface area (Å²) in [6.45, 7) is 7.49. The molecule has 1 aromatic heterocycles. The summed E-state index contributed by atoms with van der Waals surface area (Å²) in [5.41, 5.74) is 1.84. The molecule has 146 valence electrons. The molecule has 6 heteroatoms. The van der Waals surface area contributed by atoms with E-state index in [-0.39, 0.29) is 0 Å². The summed E-state index contributed by atoms with van der Waals surface area (Å²) in [5.74, 6) is 2.96. The minimum atomic E-state index is 0.592. The molecular formula is C21H29N3O3. The third kappa shape index (κ3) is 3.82. The van der Waals surface area contributed by atoms with Gasteiger partial charge >= 0.3 is 0 Å². The third-order valence-corrected chi connectivity index (χ3v) is 5.82. The molecule has 0 aliphatic carbocycles. The lowest BCUT2D eigenvalue weighted by atomic mass is 9.99. The maximum atomic E-state index is 6.01. The number of hydrogen-bond donors (Lipinski definition) is 0. The zero-order valence-corrected chi connectivity index (χ0v) is 16.5. The Labute approximate surface area is 161 Å². The number of aromatic nitrogens is 1. The van der Waals surface area contributed by atoms with E-state index in [4.69, 9.17) is 18.9 Å². The van der Waals surface area contributed by atoms with Gasteiger partial charge in [0.15, 0.2) is 0 Å². The highest BCUT2D eigenvalue weighted by Crippen LogP contribution is 2.34. The van der Waals surface area contributed by atoms with Crippen LogP contribution in [0.15, 0.2) is 22.6 Å². The van der Waals surface area contributed by atoms with E-state index in [0.29, 0.717) is 11.9 Å². The minimum absolute atomic E-state index is 0.592. The SMILES string of the molecule is COc1ccc(OC)c(-c2nc(CN3CCN4CCCC[C@H]4C3)c(C)o2)c1. The van der Waals surface area contributed by atoms with Crippen molar-refractivity contribution in [1.82, 2.24) is 14.8 Å². The Hall–Kier alpha value is -2.05. The molecule has 4 rings (SSSR count). The van der Waals surface area contributed by atoms with E-state index in [9.17, 15) is 0 Å². The highest BCUT2D eigenvalue weighted by molar-refractivity contribution is 5.65. The maximum absolute atomic E-state index is 6.01. The Balaban J connectivity index is 1.52. The molecule has 0 unspecified atom stereocenters. The number of hydrogen-bond acceptors (Lipinski definition) is 6. The second kappa shape index (κ2) is 7.90. The van der Waals surface area contributed by atoms with Gasteiger partial charge in [-0.05, 0) is 44.5 Å². The van der Waals surface area contributed by atoms with Gasteiger partial charge in [-0.1, -0.05) is 6.42 Å². The first-order valence-corrected chi connectivity index (χ1v) is 9.83. The monoisotopic (exact) mass is 371 g/mol. The third-order valence-electron chi connectivity index (χ3n) is 5.82. The van der Waals surface area contributed by atoms with Gasteiger partial charge in [-0.3, -0.25) is 9.80 Å². The van der Waals surface area contributed by atoms with Crippen molar-refractivity contribution in [3.8, 4) is 23.0 Å². The fraction of sp³-hybridized carbons (Fsp3) is 0.571. The van der Waals surface area contributed by atoms with Crippen molar-refractivity contribution in [3.63, 3.8) is 0 Å². The fourth-order valence-electron chi connectivity index (χ4n) is 4.25. The van der Waals surface area contributed by atoms with Crippen LogP contribution in [0.1, 0.15) is 30.7 Å². The van der Waals surface area contributed by atoms with Crippen molar-refractivity contribution >= 4 is 0 Å². The molecule has 1 aromatic carbocycles. The predicted octanol–water partition coefficient (Wildman–Crippen LogP) is 3.34. The second-order valence-corrected chi connectivity index (χ2v) is 7.51. The first-order chi connectivity index (χ1) is 13.2. The molecule has 0 saturated carbocycles. The first-order valence-electron chi connectivity index (χ1n) is 9.83. The number of fused-ring (bicyclic) bond motifs is 1. The Kier molecular flexibility index (Phi) is 5.36. The summed E-state index contributed by atoms with van der Waals surface area (Å²) in [4.78, 5) is 9.98. The minimum Gasteiger partial charge on any atom is -0.497 e. The van der Waals surface area contributed by atoms with Gasteiger partial charge in [-0.2, -0.15) is 0 Å². The molecule has 2 aliphatic rings. The van der Waals surface area contributed by atoms with Crippen LogP contribution in [0.2, 0.25) is 0 Å². The molecule has 27 heavy (non-hydrogen) atoms. The number of oxazole rings is 1. The van der Waals surface area contributed by atoms with Gasteiger partial charge in [0.05, 0.1) is 25.5 Å². The van der Waals surface area contributed by atoms with Gasteiger partial charge in [-0.25, -0.2) is 4.98 Å². The average molecular weight is 371 g/mol. The molecule has 0 spiro atoms. The van der Waals surface area contributed by atoms with Gasteiger partial charge in [0, 0.05) is 32.2 Å². The number of benzene rings is 1. The largest absolute Gasteiger partial charge is 0.497 e. The number of ether oxygens (including phenoxy) is 2. The van der Waals surface area contributed by atoms with E-state index >= 15 is 0 Å². The topological polar surface area (TPSA) is 51.0 Å². The summed E-state index contributed by atoms with van der Waals surface area (Å²) >= 11 is 0. The molecule has 1 atom stereocenters. The van der Waals surface area contributed by atoms with Crippen molar-refractivity contribution in [3.05, 3.63) is 29.7 Å². The first kappa shape index (κ1) is 18.3. The fourth-order valence-corrected chi connectivity index (χ4v) is 4.25. The van der Waals surface area contributed by atoms with Crippen LogP contribution in [0.5, 0.6) is 11.5 Å². The molecule has 3 heterocycles. The molecule has 6 nitrogen and oxygen atoms in total. The van der Waals surface area contributed by atoms with E-state index in [1.807, 2.05) is 25.1 Å². The molecule has 2 saturated heterocycles. The van der Waals surface area contributed by atoms with Crippen molar-refractivity contribution in [2.24, 2.45) is 0 Å². The van der Waals surface area contributed by atoms with Crippen molar-refractivity contribution < 1.29 is 13.9 Å². The molecule has 0 N–H and O–H groups in total. The predicted molar refractivity (Wildman–Crippen MR) is 104 cm³/mol. The second-order valence-electron chi connectivity index (χ2n) is 7.51. The number of piperidine rings is 1. The molecule has 2 aromatic rings. The summed E-state index contributed by atoms with van der Waals surface area (Å²) in [5, 5.41) is 0. The van der Waals surface area contributed by atoms with E-state index < -0.39 is 0 Å². The van der Waals surface area contributed by atoms with Gasteiger partial charge in [0.2, 0.25) is 5.89 Å². The van der Waals surface area contributed by atoms with Crippen LogP contribution in [0.3, 0.4) is 0 Å². The summed E-state index contributed by atoms with van der Waals surface area (Å²) < 4.78 is 16.8. The quantitative estimate of drug-likeness (QED) is 0.804. The standard InChI is InChI=1S/C21H29N3O3/c1-15-19(14-23-10-11-24-9-5-4-6-16(24)13-23)22-21(27-15)18-12-17(25-2)7-8-20(18)26-3/h7-8,12,16H,4-6,9-11,13-14H2,1-3H3/t16-/m0/s1. The molecule has 0 bridgehead atoms. The van der Waals surface area contributed by atoms with E-state index in [0.717, 1.165) is 54.7 Å². The van der Waals surface area contributed by atoms with Crippen LogP contribution in [0, 0.1) is 6.92 Å². The van der Waals surface area contributed by atoms with E-state index in [1.54, 1.807) is 14.2 Å². The molecule has 0 radical (unpaired) electrons. The van der Waals surface area contributed by atoms with Crippen molar-refractivity contribution in [2.45, 2.75) is 38.8 Å². The maximum Gasteiger partial charge on any atom is 0.230 e. The van der Waals surface area contributed by atoms with E-state index in [1.165, 1.54) is 25.8 Å². The Morgan fingerprint density at radius 2 is 2.04 bits per heavy atom. The zero-order valence-electron chi connectivity index (χ0n) is 16.5. The molecular weight excluding hydrogens is 342 g/mol. The Morgan fingerprint density at radius 3 is 2.85 bits per heavy atom. The lowest BCUT2D eigenvalue weighted by Crippen LogP contribution is -2.54. The normalized spacial score (nSPS) is 21.1. The van der Waals surface area contributed by atoms with Gasteiger partial charge in [-0.15, -0.1) is 0 Å².